The van der Waals surface area contributed by atoms with E-state index in [0.29, 0.717) is 27.8 Å². The third-order valence-electron chi connectivity index (χ3n) is 5.39. The van der Waals surface area contributed by atoms with Crippen LogP contribution in [0.3, 0.4) is 0 Å². The van der Waals surface area contributed by atoms with E-state index in [2.05, 4.69) is 5.32 Å². The topological polar surface area (TPSA) is 101 Å². The number of hydrogen-bond donors (Lipinski definition) is 2. The molecule has 4 rings (SSSR count). The third-order valence-corrected chi connectivity index (χ3v) is 5.64. The predicted molar refractivity (Wildman–Crippen MR) is 125 cm³/mol. The van der Waals surface area contributed by atoms with Gasteiger partial charge in [-0.05, 0) is 48.4 Å². The fourth-order valence-electron chi connectivity index (χ4n) is 3.74. The first-order chi connectivity index (χ1) is 16.6. The van der Waals surface area contributed by atoms with Crippen molar-refractivity contribution in [1.29, 1.82) is 0 Å². The SMILES string of the molecule is O=C(NCc1ccco1)[C@H](c1ccc(Cl)cc1)N(CCCO)C(=O)[C@H]1COc2ccccc2O1. The average molecular weight is 485 g/mol. The van der Waals surface area contributed by atoms with E-state index >= 15 is 0 Å². The Morgan fingerprint density at radius 3 is 2.56 bits per heavy atom. The minimum atomic E-state index is -0.980. The summed E-state index contributed by atoms with van der Waals surface area (Å²) in [6, 6.07) is 16.3. The first-order valence-electron chi connectivity index (χ1n) is 10.9. The molecule has 0 radical (unpaired) electrons. The fraction of sp³-hybridized carbons (Fsp3) is 0.280. The molecular formula is C25H25ClN2O6. The van der Waals surface area contributed by atoms with Crippen LogP contribution in [-0.2, 0) is 16.1 Å². The van der Waals surface area contributed by atoms with Gasteiger partial charge in [-0.25, -0.2) is 0 Å². The van der Waals surface area contributed by atoms with E-state index in [9.17, 15) is 14.7 Å². The van der Waals surface area contributed by atoms with Gasteiger partial charge in [-0.3, -0.25) is 9.59 Å². The van der Waals surface area contributed by atoms with Crippen LogP contribution >= 0.6 is 11.6 Å². The Labute approximate surface area is 202 Å². The molecule has 34 heavy (non-hydrogen) atoms. The molecule has 0 saturated heterocycles. The van der Waals surface area contributed by atoms with E-state index < -0.39 is 24.0 Å². The molecule has 8 nitrogen and oxygen atoms in total. The largest absolute Gasteiger partial charge is 0.485 e. The average Bonchev–Trinajstić information content (AvgIpc) is 3.39. The number of halogens is 1. The van der Waals surface area contributed by atoms with Crippen LogP contribution in [0.15, 0.2) is 71.3 Å². The molecule has 0 aliphatic carbocycles. The Bertz CT molecular complexity index is 1100. The quantitative estimate of drug-likeness (QED) is 0.483. The number of nitrogens with zero attached hydrogens (tertiary/aromatic N) is 1. The summed E-state index contributed by atoms with van der Waals surface area (Å²) < 4.78 is 16.9. The lowest BCUT2D eigenvalue weighted by Crippen LogP contribution is -2.51. The number of aliphatic hydroxyl groups excluding tert-OH is 1. The van der Waals surface area contributed by atoms with Gasteiger partial charge in [0.15, 0.2) is 11.5 Å². The van der Waals surface area contributed by atoms with Crippen LogP contribution < -0.4 is 14.8 Å². The van der Waals surface area contributed by atoms with Gasteiger partial charge in [0.2, 0.25) is 12.0 Å². The molecule has 0 saturated carbocycles. The molecule has 2 N–H and O–H groups in total. The number of carbonyl (C=O) groups excluding carboxylic acids is 2. The molecule has 0 fully saturated rings. The molecule has 2 atom stereocenters. The predicted octanol–water partition coefficient (Wildman–Crippen LogP) is 3.34. The number of para-hydroxylation sites is 2. The van der Waals surface area contributed by atoms with Crippen LogP contribution in [0.1, 0.15) is 23.8 Å². The van der Waals surface area contributed by atoms with E-state index in [1.54, 1.807) is 54.6 Å². The maximum absolute atomic E-state index is 13.6. The van der Waals surface area contributed by atoms with Crippen molar-refractivity contribution in [3.8, 4) is 11.5 Å². The highest BCUT2D eigenvalue weighted by Crippen LogP contribution is 2.32. The van der Waals surface area contributed by atoms with Crippen LogP contribution in [0, 0.1) is 0 Å². The molecule has 0 unspecified atom stereocenters. The monoisotopic (exact) mass is 484 g/mol. The number of benzene rings is 2. The maximum Gasteiger partial charge on any atom is 0.268 e. The van der Waals surface area contributed by atoms with Crippen molar-refractivity contribution in [3.05, 3.63) is 83.3 Å². The fourth-order valence-corrected chi connectivity index (χ4v) is 3.86. The number of aliphatic hydroxyl groups is 1. The van der Waals surface area contributed by atoms with Crippen molar-refractivity contribution < 1.29 is 28.6 Å². The van der Waals surface area contributed by atoms with Gasteiger partial charge < -0.3 is 29.2 Å². The van der Waals surface area contributed by atoms with Crippen molar-refractivity contribution in [3.63, 3.8) is 0 Å². The van der Waals surface area contributed by atoms with Gasteiger partial charge in [0.05, 0.1) is 12.8 Å². The Balaban J connectivity index is 1.62. The van der Waals surface area contributed by atoms with Crippen LogP contribution in [-0.4, -0.2) is 47.7 Å². The number of carbonyl (C=O) groups is 2. The van der Waals surface area contributed by atoms with Crippen LogP contribution in [0.5, 0.6) is 11.5 Å². The van der Waals surface area contributed by atoms with Crippen molar-refractivity contribution >= 4 is 23.4 Å². The summed E-state index contributed by atoms with van der Waals surface area (Å²) in [7, 11) is 0. The summed E-state index contributed by atoms with van der Waals surface area (Å²) in [5.41, 5.74) is 0.574. The number of ether oxygens (including phenoxy) is 2. The van der Waals surface area contributed by atoms with Gasteiger partial charge in [0.25, 0.3) is 5.91 Å². The molecule has 2 heterocycles. The maximum atomic E-state index is 13.6. The smallest absolute Gasteiger partial charge is 0.268 e. The summed E-state index contributed by atoms with van der Waals surface area (Å²) in [4.78, 5) is 28.5. The molecule has 2 aromatic carbocycles. The molecule has 2 amide bonds. The number of rotatable bonds is 9. The Kier molecular flexibility index (Phi) is 7.72. The zero-order valence-electron chi connectivity index (χ0n) is 18.4. The highest BCUT2D eigenvalue weighted by Gasteiger charge is 2.37. The van der Waals surface area contributed by atoms with Crippen molar-refractivity contribution in [2.24, 2.45) is 0 Å². The highest BCUT2D eigenvalue weighted by atomic mass is 35.5. The van der Waals surface area contributed by atoms with E-state index in [0.717, 1.165) is 0 Å². The molecule has 178 valence electrons. The molecular weight excluding hydrogens is 460 g/mol. The zero-order chi connectivity index (χ0) is 23.9. The summed E-state index contributed by atoms with van der Waals surface area (Å²) in [6.07, 6.45) is 0.861. The van der Waals surface area contributed by atoms with Crippen LogP contribution in [0.25, 0.3) is 0 Å². The van der Waals surface area contributed by atoms with Gasteiger partial charge in [-0.1, -0.05) is 35.9 Å². The molecule has 0 spiro atoms. The van der Waals surface area contributed by atoms with Gasteiger partial charge >= 0.3 is 0 Å². The lowest BCUT2D eigenvalue weighted by Gasteiger charge is -2.35. The molecule has 1 aliphatic rings. The van der Waals surface area contributed by atoms with E-state index in [-0.39, 0.29) is 32.7 Å². The second-order valence-corrected chi connectivity index (χ2v) is 8.16. The minimum Gasteiger partial charge on any atom is -0.485 e. The van der Waals surface area contributed by atoms with E-state index in [4.69, 9.17) is 25.5 Å². The lowest BCUT2D eigenvalue weighted by molar-refractivity contribution is -0.148. The number of furan rings is 1. The van der Waals surface area contributed by atoms with Gasteiger partial charge in [0, 0.05) is 18.2 Å². The molecule has 1 aliphatic heterocycles. The second kappa shape index (κ2) is 11.1. The number of nitrogens with one attached hydrogen (secondary N) is 1. The Hall–Kier alpha value is -3.49. The van der Waals surface area contributed by atoms with Crippen molar-refractivity contribution in [1.82, 2.24) is 10.2 Å². The zero-order valence-corrected chi connectivity index (χ0v) is 19.1. The highest BCUT2D eigenvalue weighted by molar-refractivity contribution is 6.30. The van der Waals surface area contributed by atoms with Crippen LogP contribution in [0.4, 0.5) is 0 Å². The first kappa shape index (κ1) is 23.7. The van der Waals surface area contributed by atoms with Crippen molar-refractivity contribution in [2.45, 2.75) is 25.1 Å². The Morgan fingerprint density at radius 1 is 1.09 bits per heavy atom. The molecule has 0 bridgehead atoms. The van der Waals surface area contributed by atoms with Crippen molar-refractivity contribution in [2.75, 3.05) is 19.8 Å². The lowest BCUT2D eigenvalue weighted by atomic mass is 10.0. The van der Waals surface area contributed by atoms with Crippen LogP contribution in [0.2, 0.25) is 5.02 Å². The third kappa shape index (κ3) is 5.52. The summed E-state index contributed by atoms with van der Waals surface area (Å²) >= 11 is 6.06. The Morgan fingerprint density at radius 2 is 1.85 bits per heavy atom. The van der Waals surface area contributed by atoms with Gasteiger partial charge in [-0.2, -0.15) is 0 Å². The molecule has 3 aromatic rings. The van der Waals surface area contributed by atoms with Gasteiger partial charge in [0.1, 0.15) is 18.4 Å². The summed E-state index contributed by atoms with van der Waals surface area (Å²) in [5, 5.41) is 12.8. The standard InChI is InChI=1S/C25H25ClN2O6/c26-18-10-8-17(9-11-18)23(24(30)27-15-19-5-3-14-32-19)28(12-4-13-29)25(31)22-16-33-20-6-1-2-7-21(20)34-22/h1-3,5-11,14,22-23,29H,4,12-13,15-16H2,(H,27,30)/t22-,23+/m1/s1. The first-order valence-corrected chi connectivity index (χ1v) is 11.3. The molecule has 1 aromatic heterocycles. The van der Waals surface area contributed by atoms with E-state index in [1.165, 1.54) is 11.2 Å². The second-order valence-electron chi connectivity index (χ2n) is 7.72. The van der Waals surface area contributed by atoms with Gasteiger partial charge in [-0.15, -0.1) is 0 Å². The van der Waals surface area contributed by atoms with E-state index in [1.807, 2.05) is 6.07 Å². The number of fused-ring (bicyclic) bond motifs is 1. The minimum absolute atomic E-state index is 0.00677. The normalized spacial score (nSPS) is 15.4. The number of hydrogen-bond acceptors (Lipinski definition) is 6. The summed E-state index contributed by atoms with van der Waals surface area (Å²) in [5.74, 6) is 0.772. The number of amides is 2. The summed E-state index contributed by atoms with van der Waals surface area (Å²) in [6.45, 7) is 0.162. The molecule has 9 heteroatoms.